The standard InChI is InChI=1S/C20H24N4O3/c1-13-16(9-15(10-21)17(25)22-13)18(26)24-8-6-20(12-24)5-2-7-23(19(20)27)11-14-3-4-14/h9,14H,2-8,11-12H2,1H3,(H,22,25)/t20-/m0/s1. The molecule has 3 aliphatic rings. The van der Waals surface area contributed by atoms with Crippen LogP contribution in [-0.4, -0.2) is 52.8 Å². The Bertz CT molecular complexity index is 895. The number of H-pyrrole nitrogens is 1. The lowest BCUT2D eigenvalue weighted by atomic mass is 9.78. The first kappa shape index (κ1) is 17.8. The summed E-state index contributed by atoms with van der Waals surface area (Å²) in [5, 5.41) is 9.08. The number of nitrogens with zero attached hydrogens (tertiary/aromatic N) is 3. The number of pyridine rings is 1. The van der Waals surface area contributed by atoms with Crippen LogP contribution in [0.15, 0.2) is 10.9 Å². The van der Waals surface area contributed by atoms with Crippen molar-refractivity contribution in [3.05, 3.63) is 33.2 Å². The summed E-state index contributed by atoms with van der Waals surface area (Å²) in [6.45, 7) is 4.30. The summed E-state index contributed by atoms with van der Waals surface area (Å²) in [7, 11) is 0. The maximum Gasteiger partial charge on any atom is 0.266 e. The molecular formula is C20H24N4O3. The molecule has 4 rings (SSSR count). The highest BCUT2D eigenvalue weighted by molar-refractivity contribution is 5.96. The third kappa shape index (κ3) is 3.14. The zero-order chi connectivity index (χ0) is 19.2. The first-order valence-corrected chi connectivity index (χ1v) is 9.66. The summed E-state index contributed by atoms with van der Waals surface area (Å²) in [5.41, 5.74) is -0.224. The SMILES string of the molecule is Cc1[nH]c(=O)c(C#N)cc1C(=O)N1CC[C@@]2(CCCN(CC3CC3)C2=O)C1. The van der Waals surface area contributed by atoms with E-state index >= 15 is 0 Å². The molecule has 1 atom stereocenters. The van der Waals surface area contributed by atoms with E-state index < -0.39 is 11.0 Å². The molecule has 1 aromatic rings. The van der Waals surface area contributed by atoms with Crippen LogP contribution in [0.1, 0.15) is 53.7 Å². The Morgan fingerprint density at radius 2 is 2.11 bits per heavy atom. The molecule has 142 valence electrons. The van der Waals surface area contributed by atoms with E-state index in [1.165, 1.54) is 18.9 Å². The lowest BCUT2D eigenvalue weighted by Gasteiger charge is -2.39. The molecule has 1 spiro atoms. The Kier molecular flexibility index (Phi) is 4.29. The smallest absolute Gasteiger partial charge is 0.266 e. The second-order valence-corrected chi connectivity index (χ2v) is 8.22. The minimum Gasteiger partial charge on any atom is -0.342 e. The third-order valence-electron chi connectivity index (χ3n) is 6.23. The van der Waals surface area contributed by atoms with Gasteiger partial charge in [0, 0.05) is 31.9 Å². The number of hydrogen-bond acceptors (Lipinski definition) is 4. The second-order valence-electron chi connectivity index (χ2n) is 8.22. The van der Waals surface area contributed by atoms with Crippen molar-refractivity contribution < 1.29 is 9.59 Å². The molecule has 3 fully saturated rings. The number of aryl methyl sites for hydroxylation is 1. The predicted octanol–water partition coefficient (Wildman–Crippen LogP) is 1.42. The number of rotatable bonds is 3. The van der Waals surface area contributed by atoms with E-state index in [2.05, 4.69) is 4.98 Å². The van der Waals surface area contributed by atoms with Crippen LogP contribution >= 0.6 is 0 Å². The number of carbonyl (C=O) groups excluding carboxylic acids is 2. The maximum absolute atomic E-state index is 13.1. The minimum absolute atomic E-state index is 0.0674. The topological polar surface area (TPSA) is 97.3 Å². The molecule has 2 saturated heterocycles. The first-order valence-electron chi connectivity index (χ1n) is 9.66. The fourth-order valence-electron chi connectivity index (χ4n) is 4.46. The summed E-state index contributed by atoms with van der Waals surface area (Å²) in [6, 6.07) is 3.19. The van der Waals surface area contributed by atoms with Crippen LogP contribution in [0.2, 0.25) is 0 Å². The summed E-state index contributed by atoms with van der Waals surface area (Å²) in [6.07, 6.45) is 4.93. The molecule has 7 nitrogen and oxygen atoms in total. The van der Waals surface area contributed by atoms with Gasteiger partial charge in [-0.1, -0.05) is 0 Å². The van der Waals surface area contributed by atoms with Crippen molar-refractivity contribution in [3.8, 4) is 6.07 Å². The Balaban J connectivity index is 1.54. The second kappa shape index (κ2) is 6.52. The van der Waals surface area contributed by atoms with E-state index in [1.807, 2.05) is 11.0 Å². The molecule has 0 radical (unpaired) electrons. The van der Waals surface area contributed by atoms with Crippen molar-refractivity contribution in [1.29, 1.82) is 5.26 Å². The average Bonchev–Trinajstić information content (AvgIpc) is 3.36. The Hall–Kier alpha value is -2.62. The van der Waals surface area contributed by atoms with Gasteiger partial charge in [0.15, 0.2) is 0 Å². The Labute approximate surface area is 158 Å². The molecular weight excluding hydrogens is 344 g/mol. The molecule has 0 bridgehead atoms. The quantitative estimate of drug-likeness (QED) is 0.872. The van der Waals surface area contributed by atoms with Crippen LogP contribution in [0.3, 0.4) is 0 Å². The number of carbonyl (C=O) groups is 2. The average molecular weight is 368 g/mol. The van der Waals surface area contributed by atoms with Gasteiger partial charge in [0.25, 0.3) is 11.5 Å². The summed E-state index contributed by atoms with van der Waals surface area (Å²) >= 11 is 0. The number of likely N-dealkylation sites (tertiary alicyclic amines) is 2. The Morgan fingerprint density at radius 1 is 1.33 bits per heavy atom. The number of piperidine rings is 1. The molecule has 7 heteroatoms. The maximum atomic E-state index is 13.1. The summed E-state index contributed by atoms with van der Waals surface area (Å²) in [5.74, 6) is 0.646. The molecule has 1 aliphatic carbocycles. The number of aromatic amines is 1. The van der Waals surface area contributed by atoms with E-state index in [-0.39, 0.29) is 17.4 Å². The van der Waals surface area contributed by atoms with Gasteiger partial charge in [0.05, 0.1) is 11.0 Å². The zero-order valence-electron chi connectivity index (χ0n) is 15.6. The molecule has 1 N–H and O–H groups in total. The van der Waals surface area contributed by atoms with Crippen LogP contribution in [0, 0.1) is 29.6 Å². The van der Waals surface area contributed by atoms with Crippen molar-refractivity contribution >= 4 is 11.8 Å². The van der Waals surface area contributed by atoms with Gasteiger partial charge in [-0.25, -0.2) is 0 Å². The van der Waals surface area contributed by atoms with Gasteiger partial charge in [-0.05, 0) is 51.0 Å². The fraction of sp³-hybridized carbons (Fsp3) is 0.600. The van der Waals surface area contributed by atoms with Gasteiger partial charge in [0.1, 0.15) is 11.6 Å². The monoisotopic (exact) mass is 368 g/mol. The highest BCUT2D eigenvalue weighted by Crippen LogP contribution is 2.42. The lowest BCUT2D eigenvalue weighted by Crippen LogP contribution is -2.51. The highest BCUT2D eigenvalue weighted by atomic mass is 16.2. The molecule has 0 unspecified atom stereocenters. The molecule has 27 heavy (non-hydrogen) atoms. The van der Waals surface area contributed by atoms with E-state index in [1.54, 1.807) is 11.8 Å². The minimum atomic E-state index is -0.484. The van der Waals surface area contributed by atoms with Crippen molar-refractivity contribution in [2.75, 3.05) is 26.2 Å². The number of nitriles is 1. The van der Waals surface area contributed by atoms with Crippen LogP contribution < -0.4 is 5.56 Å². The summed E-state index contributed by atoms with van der Waals surface area (Å²) < 4.78 is 0. The van der Waals surface area contributed by atoms with Crippen LogP contribution in [-0.2, 0) is 4.79 Å². The zero-order valence-corrected chi connectivity index (χ0v) is 15.6. The Morgan fingerprint density at radius 3 is 2.81 bits per heavy atom. The molecule has 2 aliphatic heterocycles. The molecule has 1 aromatic heterocycles. The van der Waals surface area contributed by atoms with Gasteiger partial charge >= 0.3 is 0 Å². The van der Waals surface area contributed by atoms with E-state index in [4.69, 9.17) is 5.26 Å². The molecule has 1 saturated carbocycles. The first-order chi connectivity index (χ1) is 12.9. The van der Waals surface area contributed by atoms with E-state index in [0.29, 0.717) is 36.7 Å². The van der Waals surface area contributed by atoms with Crippen LogP contribution in [0.5, 0.6) is 0 Å². The number of hydrogen-bond donors (Lipinski definition) is 1. The normalized spacial score (nSPS) is 25.1. The lowest BCUT2D eigenvalue weighted by molar-refractivity contribution is -0.145. The van der Waals surface area contributed by atoms with Crippen LogP contribution in [0.25, 0.3) is 0 Å². The number of amides is 2. The van der Waals surface area contributed by atoms with Gasteiger partial charge < -0.3 is 14.8 Å². The molecule has 2 amide bonds. The number of aromatic nitrogens is 1. The van der Waals surface area contributed by atoms with Crippen molar-refractivity contribution in [1.82, 2.24) is 14.8 Å². The largest absolute Gasteiger partial charge is 0.342 e. The van der Waals surface area contributed by atoms with Gasteiger partial charge in [-0.3, -0.25) is 14.4 Å². The van der Waals surface area contributed by atoms with Crippen molar-refractivity contribution in [3.63, 3.8) is 0 Å². The summed E-state index contributed by atoms with van der Waals surface area (Å²) in [4.78, 5) is 44.2. The third-order valence-corrected chi connectivity index (χ3v) is 6.23. The van der Waals surface area contributed by atoms with Gasteiger partial charge in [0.2, 0.25) is 5.91 Å². The van der Waals surface area contributed by atoms with Crippen molar-refractivity contribution in [2.24, 2.45) is 11.3 Å². The molecule has 0 aromatic carbocycles. The predicted molar refractivity (Wildman–Crippen MR) is 98.0 cm³/mol. The van der Waals surface area contributed by atoms with Crippen LogP contribution in [0.4, 0.5) is 0 Å². The van der Waals surface area contributed by atoms with E-state index in [9.17, 15) is 14.4 Å². The van der Waals surface area contributed by atoms with Gasteiger partial charge in [-0.15, -0.1) is 0 Å². The van der Waals surface area contributed by atoms with E-state index in [0.717, 1.165) is 25.9 Å². The fourth-order valence-corrected chi connectivity index (χ4v) is 4.46. The number of nitrogens with one attached hydrogen (secondary N) is 1. The van der Waals surface area contributed by atoms with Crippen molar-refractivity contribution in [2.45, 2.75) is 39.0 Å². The van der Waals surface area contributed by atoms with Gasteiger partial charge in [-0.2, -0.15) is 5.26 Å². The molecule has 3 heterocycles. The highest BCUT2D eigenvalue weighted by Gasteiger charge is 2.50.